The molecule has 5 aliphatic heterocycles. The second-order valence-electron chi connectivity index (χ2n) is 36.7. The Kier molecular flexibility index (Phi) is 35.5. The van der Waals surface area contributed by atoms with Crippen LogP contribution in [-0.4, -0.2) is 289 Å². The van der Waals surface area contributed by atoms with Crippen LogP contribution in [0.4, 0.5) is 29.7 Å². The van der Waals surface area contributed by atoms with E-state index in [2.05, 4.69) is 55.5 Å². The predicted octanol–water partition coefficient (Wildman–Crippen LogP) is 7.87. The Morgan fingerprint density at radius 1 is 0.691 bits per heavy atom. The average molecular weight is 1880 g/mol. The van der Waals surface area contributed by atoms with Crippen LogP contribution < -0.4 is 36.8 Å². The molecule has 2 bridgehead atoms. The van der Waals surface area contributed by atoms with Gasteiger partial charge in [0.25, 0.3) is 29.5 Å². The number of ether oxygens (including phenoxy) is 7. The molecule has 0 unspecified atom stereocenters. The van der Waals surface area contributed by atoms with Crippen LogP contribution >= 0.6 is 0 Å². The number of nitrogens with zero attached hydrogens (tertiary/aromatic N) is 16. The van der Waals surface area contributed by atoms with Gasteiger partial charge in [0.15, 0.2) is 17.0 Å². The van der Waals surface area contributed by atoms with Crippen LogP contribution in [0.5, 0.6) is 0 Å². The van der Waals surface area contributed by atoms with Crippen LogP contribution in [0.1, 0.15) is 177 Å². The van der Waals surface area contributed by atoms with Crippen LogP contribution in [-0.2, 0) is 79.7 Å². The van der Waals surface area contributed by atoms with E-state index < -0.39 is 102 Å². The highest BCUT2D eigenvalue weighted by atomic mass is 16.6. The van der Waals surface area contributed by atoms with Gasteiger partial charge in [0.1, 0.15) is 59.6 Å². The molecule has 13 rings (SSSR count). The molecule has 1 aromatic carbocycles. The van der Waals surface area contributed by atoms with Gasteiger partial charge in [-0.2, -0.15) is 10.1 Å². The molecule has 6 aromatic heterocycles. The van der Waals surface area contributed by atoms with Gasteiger partial charge in [0.05, 0.1) is 54.5 Å². The third-order valence-corrected chi connectivity index (χ3v) is 26.9. The molecule has 6 aliphatic rings. The molecular formula is C97H130N20O19. The van der Waals surface area contributed by atoms with Gasteiger partial charge in [-0.1, -0.05) is 71.1 Å². The summed E-state index contributed by atoms with van der Waals surface area (Å²) >= 11 is 0. The summed E-state index contributed by atoms with van der Waals surface area (Å²) in [5.41, 5.74) is 17.7. The number of fused-ring (bicyclic) bond motifs is 5. The van der Waals surface area contributed by atoms with E-state index in [1.54, 1.807) is 76.0 Å². The zero-order valence-corrected chi connectivity index (χ0v) is 79.4. The zero-order valence-electron chi connectivity index (χ0n) is 79.4. The quantitative estimate of drug-likeness (QED) is 0.0123. The Morgan fingerprint density at radius 2 is 1.36 bits per heavy atom. The number of hydrogen-bond donors (Lipinski definition) is 6. The number of aliphatic hydroxyl groups is 2. The summed E-state index contributed by atoms with van der Waals surface area (Å²) in [5.74, 6) is -8.15. The topological polar surface area (TPSA) is 498 Å². The lowest BCUT2D eigenvalue weighted by Crippen LogP contribution is -2.61. The fourth-order valence-corrected chi connectivity index (χ4v) is 18.7. The number of piperidine rings is 1. The molecule has 1 aliphatic carbocycles. The summed E-state index contributed by atoms with van der Waals surface area (Å²) in [4.78, 5) is 175. The second kappa shape index (κ2) is 47.6. The van der Waals surface area contributed by atoms with Crippen molar-refractivity contribution in [3.63, 3.8) is 0 Å². The van der Waals surface area contributed by atoms with Crippen molar-refractivity contribution < 1.29 is 90.9 Å². The molecule has 4 amide bonds. The number of methoxy groups -OCH3 is 3. The third-order valence-electron chi connectivity index (χ3n) is 26.9. The first-order valence-corrected chi connectivity index (χ1v) is 47.4. The number of nitrogen functional groups attached to an aromatic ring is 2. The number of ketones is 3. The van der Waals surface area contributed by atoms with Crippen LogP contribution in [0.3, 0.4) is 0 Å². The summed E-state index contributed by atoms with van der Waals surface area (Å²) in [5, 5.41) is 35.1. The van der Waals surface area contributed by atoms with Crippen LogP contribution in [0.2, 0.25) is 0 Å². The van der Waals surface area contributed by atoms with E-state index in [9.17, 15) is 53.4 Å². The largest absolute Gasteiger partial charge is 0.460 e. The number of anilines is 5. The van der Waals surface area contributed by atoms with E-state index in [1.807, 2.05) is 78.0 Å². The summed E-state index contributed by atoms with van der Waals surface area (Å²) in [6.07, 6.45) is 22.5. The van der Waals surface area contributed by atoms with E-state index in [1.165, 1.54) is 43.1 Å². The van der Waals surface area contributed by atoms with Crippen LogP contribution in [0.25, 0.3) is 33.4 Å². The maximum absolute atomic E-state index is 14.8. The number of allylic oxidation sites excluding steroid dienone is 6. The van der Waals surface area contributed by atoms with Crippen LogP contribution in [0.15, 0.2) is 114 Å². The van der Waals surface area contributed by atoms with Gasteiger partial charge in [0, 0.05) is 180 Å². The van der Waals surface area contributed by atoms with Crippen molar-refractivity contribution in [3.8, 4) is 11.3 Å². The van der Waals surface area contributed by atoms with E-state index in [0.29, 0.717) is 205 Å². The molecule has 39 nitrogen and oxygen atoms in total. The normalized spacial score (nSPS) is 26.8. The predicted molar refractivity (Wildman–Crippen MR) is 503 cm³/mol. The number of nitrogens with two attached hydrogens (primary N) is 2. The maximum Gasteiger partial charge on any atom is 0.329 e. The van der Waals surface area contributed by atoms with Crippen molar-refractivity contribution >= 4 is 105 Å². The summed E-state index contributed by atoms with van der Waals surface area (Å²) in [6.45, 7) is 18.2. The molecule has 4 saturated heterocycles. The summed E-state index contributed by atoms with van der Waals surface area (Å²) in [6, 6.07) is 4.30. The first kappa shape index (κ1) is 101. The Balaban J connectivity index is 0.513. The van der Waals surface area contributed by atoms with Gasteiger partial charge in [-0.05, 0) is 150 Å². The first-order valence-electron chi connectivity index (χ1n) is 47.4. The van der Waals surface area contributed by atoms with Crippen molar-refractivity contribution in [2.45, 2.75) is 219 Å². The molecule has 5 fully saturated rings. The molecule has 15 atom stereocenters. The number of cyclic esters (lactones) is 1. The minimum atomic E-state index is -2.49. The number of aliphatic hydroxyl groups excluding tert-OH is 1. The molecule has 732 valence electrons. The standard InChI is InChI=1S/C97H130N20O19/c1-58-18-12-11-13-19-59(2)76(129-8)49-70-25-21-64(7)97(128,136-70)86(123)91(126)116-32-16-14-20-72(116)92(127)134-77(50-73(118)60(3)45-63(6)84(122)85(131-10)83(121)62(5)44-58)61(4)46-65-22-26-75(78(47-65)130-9)133-80(120)28-23-66-51-102-94(103-52-66)114-38-40-115(41-39-114)96-106-55-69(56-107-96)90(125)101-31-43-132-42-29-79(119)112-34-36-113(37-35-112)95-104-53-68(54-105-95)89(124)100-30-15-17-33-117-88-81(87(98)108-57-109-88)82(111-117)67-24-27-74-71(48-67)110-93(99)135-74/h11-13,18-19,24,27,45,48,51-58,60-62,64-65,70,72,75-78,84-85,122,128H,14-17,20-23,25-26,28-44,46-47,49-50H2,1-10H3,(H2,99,110)(H,100,124)(H,101,125)(H2,98,108,109)/b13-11+,18-12+,59-19+,63-45+/t58-,60-,61-,62-,64-,65+,70+,72+,75-,76+,77+,78-,84-,85+,97-/m1/s1. The number of esters is 2. The Morgan fingerprint density at radius 3 is 2.03 bits per heavy atom. The number of hydrogen-bond acceptors (Lipinski definition) is 34. The van der Waals surface area contributed by atoms with E-state index in [0.717, 1.165) is 16.7 Å². The second-order valence-corrected chi connectivity index (χ2v) is 36.7. The SMILES string of the molecule is CO[C@H]1C[C@@H]2CC[C@@H](C)[C@@](O)(O2)C(=O)C(=O)N2CCCC[C@H]2C(=O)O[C@H]([C@H](C)C[C@@H]2CC[C@@H](OC(=O)CCc3cnc(N4CCN(c5ncc(C(=O)NCCOCCC(=O)N6CCN(c7ncc(C(=O)NCCCCn8nc(-c9ccc%10oc(N)nc%10c9)c9c(N)ncnc98)cn7)CC6)cn5)CC4)nc3)[C@H](OC)C2)CC(=O)[C@H](C)/C=C(\C)[C@@H](O)[C@@H](OC)C(=O)[C@H](C)C[C@H](C)/C=C/C=C/C=C/1C. The highest BCUT2D eigenvalue weighted by Crippen LogP contribution is 2.40. The highest BCUT2D eigenvalue weighted by molar-refractivity contribution is 6.39. The monoisotopic (exact) mass is 1880 g/mol. The number of Topliss-reactive ketones (excluding diaryl/α,β-unsaturated/α-hetero) is 3. The van der Waals surface area contributed by atoms with Crippen molar-refractivity contribution in [1.29, 1.82) is 0 Å². The number of amides is 4. The Labute approximate surface area is 791 Å². The zero-order chi connectivity index (χ0) is 96.9. The third kappa shape index (κ3) is 25.8. The minimum Gasteiger partial charge on any atom is -0.460 e. The number of benzene rings is 1. The molecule has 8 N–H and O–H groups in total. The number of aromatic nitrogens is 11. The number of carbonyl (C=O) groups excluding carboxylic acids is 9. The smallest absolute Gasteiger partial charge is 0.329 e. The molecule has 0 spiro atoms. The van der Waals surface area contributed by atoms with Crippen molar-refractivity contribution in [3.05, 3.63) is 126 Å². The molecular weight excluding hydrogens is 1750 g/mol. The molecule has 39 heteroatoms. The van der Waals surface area contributed by atoms with E-state index in [-0.39, 0.29) is 111 Å². The maximum atomic E-state index is 14.8. The minimum absolute atomic E-state index is 0.0267. The number of nitrogens with one attached hydrogen (secondary N) is 2. The Hall–Kier alpha value is -12.0. The van der Waals surface area contributed by atoms with Gasteiger partial charge in [0.2, 0.25) is 29.5 Å². The van der Waals surface area contributed by atoms with E-state index >= 15 is 0 Å². The number of aryl methyl sites for hydroxylation is 2. The van der Waals surface area contributed by atoms with Gasteiger partial charge < -0.3 is 94.4 Å². The van der Waals surface area contributed by atoms with Crippen molar-refractivity contribution in [2.24, 2.45) is 35.5 Å². The number of unbranched alkanes of at least 4 members (excludes halogenated alkanes) is 1. The molecule has 11 heterocycles. The van der Waals surface area contributed by atoms with E-state index in [4.69, 9.17) is 54.1 Å². The molecule has 0 radical (unpaired) electrons. The molecule has 136 heavy (non-hydrogen) atoms. The Bertz CT molecular complexity index is 5420. The molecule has 1 saturated carbocycles. The highest BCUT2D eigenvalue weighted by Gasteiger charge is 2.53. The van der Waals surface area contributed by atoms with Crippen LogP contribution in [0, 0.1) is 35.5 Å². The average Bonchev–Trinajstić information content (AvgIpc) is 1.37. The van der Waals surface area contributed by atoms with Gasteiger partial charge in [-0.3, -0.25) is 38.4 Å². The van der Waals surface area contributed by atoms with Crippen molar-refractivity contribution in [1.82, 2.24) is 75.1 Å². The fourth-order valence-electron chi connectivity index (χ4n) is 18.7. The van der Waals surface area contributed by atoms with Crippen molar-refractivity contribution in [2.75, 3.05) is 133 Å². The lowest BCUT2D eigenvalue weighted by atomic mass is 9.78. The number of carbonyl (C=O) groups is 9. The first-order chi connectivity index (χ1) is 65.5. The number of rotatable bonds is 27. The molecule has 7 aromatic rings. The van der Waals surface area contributed by atoms with Gasteiger partial charge in [-0.15, -0.1) is 0 Å². The van der Waals surface area contributed by atoms with Gasteiger partial charge >= 0.3 is 11.9 Å². The summed E-state index contributed by atoms with van der Waals surface area (Å²) < 4.78 is 49.3. The van der Waals surface area contributed by atoms with Gasteiger partial charge in [-0.25, -0.2) is 49.3 Å². The lowest BCUT2D eigenvalue weighted by Gasteiger charge is -2.42. The number of piperazine rings is 2. The summed E-state index contributed by atoms with van der Waals surface area (Å²) in [7, 11) is 4.50. The number of oxazole rings is 1. The lowest BCUT2D eigenvalue weighted by molar-refractivity contribution is -0.265. The fraction of sp³-hybridized carbons (Fsp3) is 0.577.